The van der Waals surface area contributed by atoms with Gasteiger partial charge in [0.2, 0.25) is 5.91 Å². The number of nitrogens with one attached hydrogen (secondary N) is 1. The zero-order valence-electron chi connectivity index (χ0n) is 20.5. The van der Waals surface area contributed by atoms with Crippen molar-refractivity contribution in [1.82, 2.24) is 25.2 Å². The first-order valence-electron chi connectivity index (χ1n) is 11.9. The van der Waals surface area contributed by atoms with Crippen molar-refractivity contribution in [1.29, 1.82) is 0 Å². The van der Waals surface area contributed by atoms with Crippen LogP contribution in [0.25, 0.3) is 0 Å². The highest BCUT2D eigenvalue weighted by atomic mass is 32.2. The molecule has 2 aromatic heterocycles. The first-order valence-corrected chi connectivity index (χ1v) is 12.9. The molecule has 0 saturated heterocycles. The Morgan fingerprint density at radius 2 is 1.86 bits per heavy atom. The molecular formula is C27H31N5O2S. The second kappa shape index (κ2) is 11.4. The van der Waals surface area contributed by atoms with Crippen LogP contribution in [0.4, 0.5) is 0 Å². The Labute approximate surface area is 210 Å². The zero-order chi connectivity index (χ0) is 24.8. The van der Waals surface area contributed by atoms with E-state index in [1.807, 2.05) is 30.2 Å². The van der Waals surface area contributed by atoms with Crippen molar-refractivity contribution < 1.29 is 9.59 Å². The number of nitrogens with zero attached hydrogens (tertiary/aromatic N) is 4. The van der Waals surface area contributed by atoms with E-state index in [0.29, 0.717) is 36.3 Å². The number of rotatable bonds is 8. The fraction of sp³-hybridized carbons (Fsp3) is 0.370. The second-order valence-corrected chi connectivity index (χ2v) is 10.1. The van der Waals surface area contributed by atoms with Gasteiger partial charge in [-0.05, 0) is 66.1 Å². The lowest BCUT2D eigenvalue weighted by Gasteiger charge is -2.30. The molecule has 0 bridgehead atoms. The fourth-order valence-electron chi connectivity index (χ4n) is 4.30. The monoisotopic (exact) mass is 489 g/mol. The molecule has 0 atom stereocenters. The van der Waals surface area contributed by atoms with Gasteiger partial charge in [0.15, 0.2) is 5.16 Å². The number of aromatic nitrogens is 3. The van der Waals surface area contributed by atoms with Crippen LogP contribution in [0, 0.1) is 12.8 Å². The lowest BCUT2D eigenvalue weighted by molar-refractivity contribution is -0.118. The van der Waals surface area contributed by atoms with E-state index in [9.17, 15) is 9.59 Å². The number of carbonyl (C=O) groups excluding carboxylic acids is 2. The third kappa shape index (κ3) is 6.45. The number of aryl methyl sites for hydroxylation is 1. The summed E-state index contributed by atoms with van der Waals surface area (Å²) >= 11 is 1.31. The Morgan fingerprint density at radius 3 is 2.57 bits per heavy atom. The molecular weight excluding hydrogens is 458 g/mol. The average molecular weight is 490 g/mol. The molecule has 0 unspecified atom stereocenters. The maximum absolute atomic E-state index is 13.1. The molecule has 1 aromatic carbocycles. The van der Waals surface area contributed by atoms with E-state index in [4.69, 9.17) is 0 Å². The van der Waals surface area contributed by atoms with Crippen molar-refractivity contribution in [3.05, 3.63) is 82.4 Å². The van der Waals surface area contributed by atoms with Crippen LogP contribution in [0.15, 0.2) is 54.1 Å². The molecule has 7 nitrogen and oxygen atoms in total. The SMILES string of the molecule is Cc1ncc2c(c1CNC(=O)CSc1ncccn1)CCN(C(=O)c1ccc(CC(C)C)cc1)C2. The van der Waals surface area contributed by atoms with E-state index < -0.39 is 0 Å². The number of benzene rings is 1. The number of carbonyl (C=O) groups is 2. The van der Waals surface area contributed by atoms with Gasteiger partial charge in [-0.25, -0.2) is 9.97 Å². The van der Waals surface area contributed by atoms with Crippen LogP contribution >= 0.6 is 11.8 Å². The lowest BCUT2D eigenvalue weighted by Crippen LogP contribution is -2.37. The third-order valence-corrected chi connectivity index (χ3v) is 6.94. The summed E-state index contributed by atoms with van der Waals surface area (Å²) in [6.45, 7) is 7.94. The summed E-state index contributed by atoms with van der Waals surface area (Å²) in [5.74, 6) is 0.807. The molecule has 0 aliphatic carbocycles. The van der Waals surface area contributed by atoms with Gasteiger partial charge in [-0.1, -0.05) is 37.7 Å². The number of pyridine rings is 1. The van der Waals surface area contributed by atoms with Crippen LogP contribution in [0.3, 0.4) is 0 Å². The Bertz CT molecular complexity index is 1180. The van der Waals surface area contributed by atoms with E-state index in [2.05, 4.69) is 46.2 Å². The van der Waals surface area contributed by atoms with Crippen molar-refractivity contribution in [3.8, 4) is 0 Å². The minimum Gasteiger partial charge on any atom is -0.351 e. The summed E-state index contributed by atoms with van der Waals surface area (Å²) in [6, 6.07) is 9.72. The van der Waals surface area contributed by atoms with Crippen molar-refractivity contribution in [2.75, 3.05) is 12.3 Å². The Morgan fingerprint density at radius 1 is 1.11 bits per heavy atom. The smallest absolute Gasteiger partial charge is 0.254 e. The number of fused-ring (bicyclic) bond motifs is 1. The van der Waals surface area contributed by atoms with Crippen LogP contribution in [-0.4, -0.2) is 44.0 Å². The molecule has 3 heterocycles. The van der Waals surface area contributed by atoms with Crippen LogP contribution in [-0.2, 0) is 30.7 Å². The zero-order valence-corrected chi connectivity index (χ0v) is 21.3. The molecule has 0 radical (unpaired) electrons. The van der Waals surface area contributed by atoms with Gasteiger partial charge in [-0.3, -0.25) is 14.6 Å². The van der Waals surface area contributed by atoms with Crippen molar-refractivity contribution in [2.45, 2.75) is 51.9 Å². The molecule has 4 rings (SSSR count). The maximum atomic E-state index is 13.1. The Hall–Kier alpha value is -3.26. The van der Waals surface area contributed by atoms with Gasteiger partial charge < -0.3 is 10.2 Å². The van der Waals surface area contributed by atoms with Crippen LogP contribution in [0.5, 0.6) is 0 Å². The van der Waals surface area contributed by atoms with Gasteiger partial charge in [-0.15, -0.1) is 0 Å². The minimum absolute atomic E-state index is 0.0438. The second-order valence-electron chi connectivity index (χ2n) is 9.19. The summed E-state index contributed by atoms with van der Waals surface area (Å²) in [6.07, 6.45) is 6.94. The summed E-state index contributed by atoms with van der Waals surface area (Å²) in [7, 11) is 0. The number of thioether (sulfide) groups is 1. The standard InChI is InChI=1S/C27H31N5O2S/c1-18(2)13-20-5-7-21(8-6-20)26(34)32-12-9-23-22(16-32)14-30-19(3)24(23)15-31-25(33)17-35-27-28-10-4-11-29-27/h4-8,10-11,14,18H,9,12-13,15-17H2,1-3H3,(H,31,33). The Balaban J connectivity index is 1.38. The highest BCUT2D eigenvalue weighted by molar-refractivity contribution is 7.99. The summed E-state index contributed by atoms with van der Waals surface area (Å²) in [5.41, 5.74) is 6.15. The predicted octanol–water partition coefficient (Wildman–Crippen LogP) is 3.99. The molecule has 0 spiro atoms. The molecule has 1 aliphatic heterocycles. The largest absolute Gasteiger partial charge is 0.351 e. The minimum atomic E-state index is -0.0759. The average Bonchev–Trinajstić information content (AvgIpc) is 2.87. The first-order chi connectivity index (χ1) is 16.9. The van der Waals surface area contributed by atoms with Crippen molar-refractivity contribution >= 4 is 23.6 Å². The van der Waals surface area contributed by atoms with E-state index in [1.54, 1.807) is 18.5 Å². The topological polar surface area (TPSA) is 88.1 Å². The van der Waals surface area contributed by atoms with Gasteiger partial charge in [0.1, 0.15) is 0 Å². The number of hydrogen-bond donors (Lipinski definition) is 1. The van der Waals surface area contributed by atoms with Crippen LogP contribution in [0.2, 0.25) is 0 Å². The molecule has 8 heteroatoms. The van der Waals surface area contributed by atoms with E-state index >= 15 is 0 Å². The van der Waals surface area contributed by atoms with E-state index in [-0.39, 0.29) is 17.6 Å². The molecule has 0 saturated carbocycles. The summed E-state index contributed by atoms with van der Waals surface area (Å²) < 4.78 is 0. The van der Waals surface area contributed by atoms with E-state index in [0.717, 1.165) is 29.7 Å². The van der Waals surface area contributed by atoms with Crippen LogP contribution < -0.4 is 5.32 Å². The van der Waals surface area contributed by atoms with Gasteiger partial charge in [0.25, 0.3) is 5.91 Å². The Kier molecular flexibility index (Phi) is 8.13. The predicted molar refractivity (Wildman–Crippen MR) is 137 cm³/mol. The molecule has 3 aromatic rings. The van der Waals surface area contributed by atoms with E-state index in [1.165, 1.54) is 22.9 Å². The van der Waals surface area contributed by atoms with Gasteiger partial charge >= 0.3 is 0 Å². The molecule has 35 heavy (non-hydrogen) atoms. The quantitative estimate of drug-likeness (QED) is 0.380. The molecule has 1 aliphatic rings. The number of hydrogen-bond acceptors (Lipinski definition) is 6. The molecule has 2 amide bonds. The summed E-state index contributed by atoms with van der Waals surface area (Å²) in [5, 5.41) is 3.58. The summed E-state index contributed by atoms with van der Waals surface area (Å²) in [4.78, 5) is 40.2. The van der Waals surface area contributed by atoms with Gasteiger partial charge in [0, 0.05) is 49.5 Å². The molecule has 182 valence electrons. The van der Waals surface area contributed by atoms with Crippen LogP contribution in [0.1, 0.15) is 52.2 Å². The van der Waals surface area contributed by atoms with Crippen molar-refractivity contribution in [3.63, 3.8) is 0 Å². The highest BCUT2D eigenvalue weighted by Gasteiger charge is 2.25. The molecule has 1 N–H and O–H groups in total. The van der Waals surface area contributed by atoms with Gasteiger partial charge in [0.05, 0.1) is 5.75 Å². The maximum Gasteiger partial charge on any atom is 0.254 e. The van der Waals surface area contributed by atoms with Crippen molar-refractivity contribution in [2.24, 2.45) is 5.92 Å². The normalized spacial score (nSPS) is 13.0. The molecule has 0 fully saturated rings. The van der Waals surface area contributed by atoms with Gasteiger partial charge in [-0.2, -0.15) is 0 Å². The lowest BCUT2D eigenvalue weighted by atomic mass is 9.94. The fourth-order valence-corrected chi connectivity index (χ4v) is 4.93. The first kappa shape index (κ1) is 24.9. The third-order valence-electron chi connectivity index (χ3n) is 6.06. The number of amides is 2. The highest BCUT2D eigenvalue weighted by Crippen LogP contribution is 2.25.